The third-order valence-electron chi connectivity index (χ3n) is 1.28. The Hall–Kier alpha value is -0.900. The number of carbonyl (C=O) groups excluding carboxylic acids is 2. The minimum Gasteiger partial charge on any atom is -0.466 e. The molecule has 0 aliphatic carbocycles. The van der Waals surface area contributed by atoms with Crippen molar-refractivity contribution < 1.29 is 14.3 Å². The lowest BCUT2D eigenvalue weighted by atomic mass is 10.1. The molecule has 1 atom stereocenters. The van der Waals surface area contributed by atoms with Crippen molar-refractivity contribution in [3.8, 4) is 0 Å². The van der Waals surface area contributed by atoms with E-state index in [2.05, 4.69) is 4.74 Å². The smallest absolute Gasteiger partial charge is 0.307 e. The summed E-state index contributed by atoms with van der Waals surface area (Å²) in [5, 5.41) is 0. The molecule has 0 aromatic carbocycles. The summed E-state index contributed by atoms with van der Waals surface area (Å²) in [5.41, 5.74) is 5.48. The molecule has 1 unspecified atom stereocenters. The van der Waals surface area contributed by atoms with Gasteiger partial charge in [0, 0.05) is 12.5 Å². The molecule has 0 aliphatic rings. The van der Waals surface area contributed by atoms with Crippen molar-refractivity contribution in [1.82, 2.24) is 0 Å². The Labute approximate surface area is 72.1 Å². The molecule has 0 radical (unpaired) electrons. The zero-order valence-electron chi connectivity index (χ0n) is 7.50. The number of ether oxygens (including phenoxy) is 1. The summed E-state index contributed by atoms with van der Waals surface area (Å²) in [7, 11) is 0. The van der Waals surface area contributed by atoms with Gasteiger partial charge in [0.25, 0.3) is 0 Å². The molecule has 0 saturated heterocycles. The number of hydrogen-bond acceptors (Lipinski definition) is 4. The molecule has 0 saturated carbocycles. The Kier molecular flexibility index (Phi) is 5.28. The molecule has 0 spiro atoms. The van der Waals surface area contributed by atoms with Gasteiger partial charge in [0.2, 0.25) is 0 Å². The largest absolute Gasteiger partial charge is 0.466 e. The standard InChI is InChI=1S/C8H15NO3/c1-3-12-8(11)5-7(9)4-6(2)10/h7H,3-5,9H2,1-2H3. The van der Waals surface area contributed by atoms with Crippen molar-refractivity contribution in [3.63, 3.8) is 0 Å². The predicted octanol–water partition coefficient (Wildman–Crippen LogP) is 0.246. The average Bonchev–Trinajstić information content (AvgIpc) is 1.84. The van der Waals surface area contributed by atoms with Crippen molar-refractivity contribution in [2.75, 3.05) is 6.61 Å². The number of esters is 1. The average molecular weight is 173 g/mol. The Bertz CT molecular complexity index is 168. The Morgan fingerprint density at radius 1 is 1.42 bits per heavy atom. The second-order valence-electron chi connectivity index (χ2n) is 2.68. The minimum absolute atomic E-state index is 0.00759. The number of ketones is 1. The molecule has 70 valence electrons. The van der Waals surface area contributed by atoms with Gasteiger partial charge in [0.15, 0.2) is 0 Å². The first-order valence-electron chi connectivity index (χ1n) is 3.97. The topological polar surface area (TPSA) is 69.4 Å². The summed E-state index contributed by atoms with van der Waals surface area (Å²) >= 11 is 0. The van der Waals surface area contributed by atoms with Crippen LogP contribution in [-0.4, -0.2) is 24.4 Å². The lowest BCUT2D eigenvalue weighted by Crippen LogP contribution is -2.27. The van der Waals surface area contributed by atoms with Gasteiger partial charge in [0.1, 0.15) is 5.78 Å². The van der Waals surface area contributed by atoms with Crippen molar-refractivity contribution in [1.29, 1.82) is 0 Å². The van der Waals surface area contributed by atoms with Crippen LogP contribution in [-0.2, 0) is 14.3 Å². The van der Waals surface area contributed by atoms with E-state index in [-0.39, 0.29) is 24.6 Å². The van der Waals surface area contributed by atoms with Crippen molar-refractivity contribution in [2.24, 2.45) is 5.73 Å². The maximum absolute atomic E-state index is 10.8. The normalized spacial score (nSPS) is 12.2. The fourth-order valence-electron chi connectivity index (χ4n) is 0.875. The molecule has 0 rings (SSSR count). The highest BCUT2D eigenvalue weighted by atomic mass is 16.5. The van der Waals surface area contributed by atoms with Gasteiger partial charge in [-0.1, -0.05) is 0 Å². The highest BCUT2D eigenvalue weighted by molar-refractivity contribution is 5.77. The fraction of sp³-hybridized carbons (Fsp3) is 0.750. The molecule has 2 N–H and O–H groups in total. The number of hydrogen-bond donors (Lipinski definition) is 1. The van der Waals surface area contributed by atoms with Crippen LogP contribution in [0.25, 0.3) is 0 Å². The highest BCUT2D eigenvalue weighted by Crippen LogP contribution is 1.97. The van der Waals surface area contributed by atoms with Gasteiger partial charge in [-0.2, -0.15) is 0 Å². The van der Waals surface area contributed by atoms with Gasteiger partial charge in [-0.05, 0) is 13.8 Å². The molecule has 0 bridgehead atoms. The minimum atomic E-state index is -0.401. The second kappa shape index (κ2) is 5.71. The molecular weight excluding hydrogens is 158 g/mol. The monoisotopic (exact) mass is 173 g/mol. The quantitative estimate of drug-likeness (QED) is 0.605. The number of Topliss-reactive ketones (excluding diaryl/α,β-unsaturated/α-hetero) is 1. The zero-order valence-corrected chi connectivity index (χ0v) is 7.50. The summed E-state index contributed by atoms with van der Waals surface area (Å²) in [6, 6.07) is -0.401. The third-order valence-corrected chi connectivity index (χ3v) is 1.28. The van der Waals surface area contributed by atoms with E-state index in [0.717, 1.165) is 0 Å². The summed E-state index contributed by atoms with van der Waals surface area (Å²) in [6.07, 6.45) is 0.353. The van der Waals surface area contributed by atoms with Crippen LogP contribution in [0.1, 0.15) is 26.7 Å². The molecule has 4 nitrogen and oxygen atoms in total. The van der Waals surface area contributed by atoms with Crippen molar-refractivity contribution in [3.05, 3.63) is 0 Å². The third kappa shape index (κ3) is 5.85. The Morgan fingerprint density at radius 2 is 2.00 bits per heavy atom. The molecular formula is C8H15NO3. The van der Waals surface area contributed by atoms with Crippen LogP contribution < -0.4 is 5.73 Å². The maximum Gasteiger partial charge on any atom is 0.307 e. The van der Waals surface area contributed by atoms with Gasteiger partial charge in [-0.15, -0.1) is 0 Å². The van der Waals surface area contributed by atoms with Crippen LogP contribution in [0.4, 0.5) is 0 Å². The number of nitrogens with two attached hydrogens (primary N) is 1. The molecule has 0 heterocycles. The lowest BCUT2D eigenvalue weighted by molar-refractivity contribution is -0.143. The van der Waals surface area contributed by atoms with Crippen LogP contribution in [0.5, 0.6) is 0 Å². The van der Waals surface area contributed by atoms with Crippen molar-refractivity contribution in [2.45, 2.75) is 32.7 Å². The summed E-state index contributed by atoms with van der Waals surface area (Å²) in [4.78, 5) is 21.4. The number of carbonyl (C=O) groups is 2. The van der Waals surface area contributed by atoms with E-state index in [4.69, 9.17) is 5.73 Å². The van der Waals surface area contributed by atoms with Crippen LogP contribution >= 0.6 is 0 Å². The summed E-state index contributed by atoms with van der Waals surface area (Å²) in [5.74, 6) is -0.349. The van der Waals surface area contributed by atoms with Crippen molar-refractivity contribution >= 4 is 11.8 Å². The fourth-order valence-corrected chi connectivity index (χ4v) is 0.875. The van der Waals surface area contributed by atoms with E-state index in [0.29, 0.717) is 6.61 Å². The Morgan fingerprint density at radius 3 is 2.42 bits per heavy atom. The molecule has 0 fully saturated rings. The maximum atomic E-state index is 10.8. The highest BCUT2D eigenvalue weighted by Gasteiger charge is 2.11. The molecule has 12 heavy (non-hydrogen) atoms. The first-order chi connectivity index (χ1) is 5.56. The first-order valence-corrected chi connectivity index (χ1v) is 3.97. The first kappa shape index (κ1) is 11.1. The molecule has 0 aromatic rings. The summed E-state index contributed by atoms with van der Waals surface area (Å²) < 4.78 is 4.66. The van der Waals surface area contributed by atoms with Gasteiger partial charge in [-0.25, -0.2) is 0 Å². The van der Waals surface area contributed by atoms with Crippen LogP contribution in [0, 0.1) is 0 Å². The van der Waals surface area contributed by atoms with Crippen LogP contribution in [0.3, 0.4) is 0 Å². The molecule has 4 heteroatoms. The van der Waals surface area contributed by atoms with E-state index < -0.39 is 6.04 Å². The SMILES string of the molecule is CCOC(=O)CC(N)CC(C)=O. The van der Waals surface area contributed by atoms with Crippen LogP contribution in [0.2, 0.25) is 0 Å². The van der Waals surface area contributed by atoms with Gasteiger partial charge in [-0.3, -0.25) is 9.59 Å². The second-order valence-corrected chi connectivity index (χ2v) is 2.68. The van der Waals surface area contributed by atoms with E-state index in [9.17, 15) is 9.59 Å². The Balaban J connectivity index is 3.61. The van der Waals surface area contributed by atoms with E-state index in [1.54, 1.807) is 6.92 Å². The van der Waals surface area contributed by atoms with Gasteiger partial charge >= 0.3 is 5.97 Å². The molecule has 0 aliphatic heterocycles. The lowest BCUT2D eigenvalue weighted by Gasteiger charge is -2.07. The molecule has 0 aromatic heterocycles. The van der Waals surface area contributed by atoms with E-state index in [1.807, 2.05) is 0 Å². The van der Waals surface area contributed by atoms with Crippen LogP contribution in [0.15, 0.2) is 0 Å². The summed E-state index contributed by atoms with van der Waals surface area (Å²) in [6.45, 7) is 3.53. The number of rotatable bonds is 5. The predicted molar refractivity (Wildman–Crippen MR) is 44.5 cm³/mol. The van der Waals surface area contributed by atoms with E-state index >= 15 is 0 Å². The zero-order chi connectivity index (χ0) is 9.56. The molecule has 0 amide bonds. The van der Waals surface area contributed by atoms with Gasteiger partial charge < -0.3 is 10.5 Å². The van der Waals surface area contributed by atoms with E-state index in [1.165, 1.54) is 6.92 Å². The van der Waals surface area contributed by atoms with Gasteiger partial charge in [0.05, 0.1) is 13.0 Å².